The number of non-ortho nitro benzene ring substituents is 1. The molecule has 0 radical (unpaired) electrons. The minimum atomic E-state index is -1.08. The van der Waals surface area contributed by atoms with E-state index in [0.717, 1.165) is 10.5 Å². The zero-order valence-electron chi connectivity index (χ0n) is 18.3. The van der Waals surface area contributed by atoms with Crippen molar-refractivity contribution >= 4 is 46.6 Å². The Hall–Kier alpha value is -4.18. The van der Waals surface area contributed by atoms with E-state index in [0.29, 0.717) is 11.4 Å². The molecule has 34 heavy (non-hydrogen) atoms. The highest BCUT2D eigenvalue weighted by molar-refractivity contribution is 8.00. The highest BCUT2D eigenvalue weighted by Crippen LogP contribution is 2.27. The van der Waals surface area contributed by atoms with Gasteiger partial charge in [0.2, 0.25) is 5.91 Å². The Morgan fingerprint density at radius 1 is 0.971 bits per heavy atom. The van der Waals surface area contributed by atoms with Crippen molar-refractivity contribution in [3.63, 3.8) is 0 Å². The van der Waals surface area contributed by atoms with Crippen LogP contribution in [-0.2, 0) is 4.79 Å². The number of carboxylic acids is 1. The van der Waals surface area contributed by atoms with Gasteiger partial charge in [0.15, 0.2) is 0 Å². The van der Waals surface area contributed by atoms with Crippen LogP contribution in [0, 0.1) is 17.0 Å². The first-order valence-electron chi connectivity index (χ1n) is 10.1. The molecular formula is C24H21N3O6S. The fraction of sp³-hybridized carbons (Fsp3) is 0.125. The monoisotopic (exact) mass is 479 g/mol. The van der Waals surface area contributed by atoms with Crippen LogP contribution in [0.15, 0.2) is 71.6 Å². The number of thioether (sulfide) groups is 1. The first-order valence-corrected chi connectivity index (χ1v) is 11.0. The van der Waals surface area contributed by atoms with Gasteiger partial charge in [-0.25, -0.2) is 4.79 Å². The number of carboxylic acid groups (broad SMARTS) is 1. The number of nitrogens with one attached hydrogen (secondary N) is 2. The van der Waals surface area contributed by atoms with Crippen molar-refractivity contribution in [3.8, 4) is 0 Å². The Morgan fingerprint density at radius 2 is 1.65 bits per heavy atom. The molecule has 0 aliphatic heterocycles. The minimum Gasteiger partial charge on any atom is -0.478 e. The van der Waals surface area contributed by atoms with Gasteiger partial charge in [0, 0.05) is 34.0 Å². The molecule has 10 heteroatoms. The summed E-state index contributed by atoms with van der Waals surface area (Å²) < 4.78 is 0. The number of hydrogen-bond donors (Lipinski definition) is 3. The molecule has 0 spiro atoms. The number of anilines is 2. The lowest BCUT2D eigenvalue weighted by atomic mass is 10.1. The summed E-state index contributed by atoms with van der Waals surface area (Å²) in [5.74, 6) is -1.79. The second kappa shape index (κ2) is 10.6. The maximum Gasteiger partial charge on any atom is 0.335 e. The summed E-state index contributed by atoms with van der Waals surface area (Å²) in [6.07, 6.45) is 0. The molecule has 3 aromatic carbocycles. The summed E-state index contributed by atoms with van der Waals surface area (Å²) in [6, 6.07) is 16.7. The lowest BCUT2D eigenvalue weighted by Crippen LogP contribution is -2.23. The van der Waals surface area contributed by atoms with E-state index in [-0.39, 0.29) is 22.7 Å². The standard InChI is InChI=1S/C24H21N3O6S/c1-14-6-7-17(24(30)31)12-21(14)26-22(28)15(2)34-20-5-3-4-18(13-20)25-23(29)16-8-10-19(11-9-16)27(32)33/h3-13,15H,1-2H3,(H,25,29)(H,26,28)(H,30,31). The van der Waals surface area contributed by atoms with Crippen molar-refractivity contribution in [1.29, 1.82) is 0 Å². The van der Waals surface area contributed by atoms with Gasteiger partial charge in [0.05, 0.1) is 15.7 Å². The van der Waals surface area contributed by atoms with Crippen LogP contribution in [0.25, 0.3) is 0 Å². The summed E-state index contributed by atoms with van der Waals surface area (Å²) in [5.41, 5.74) is 1.93. The van der Waals surface area contributed by atoms with Crippen molar-refractivity contribution in [2.24, 2.45) is 0 Å². The number of aromatic carboxylic acids is 1. The van der Waals surface area contributed by atoms with Crippen molar-refractivity contribution < 1.29 is 24.4 Å². The van der Waals surface area contributed by atoms with E-state index in [1.807, 2.05) is 0 Å². The second-order valence-corrected chi connectivity index (χ2v) is 8.78. The minimum absolute atomic E-state index is 0.0812. The zero-order valence-corrected chi connectivity index (χ0v) is 19.1. The Labute approximate surface area is 199 Å². The smallest absolute Gasteiger partial charge is 0.335 e. The van der Waals surface area contributed by atoms with Crippen LogP contribution in [0.5, 0.6) is 0 Å². The Balaban J connectivity index is 1.64. The molecule has 0 saturated heterocycles. The fourth-order valence-corrected chi connectivity index (χ4v) is 3.89. The first kappa shape index (κ1) is 24.5. The molecule has 2 amide bonds. The van der Waals surface area contributed by atoms with E-state index < -0.39 is 22.0 Å². The Morgan fingerprint density at radius 3 is 2.29 bits per heavy atom. The van der Waals surface area contributed by atoms with Gasteiger partial charge in [-0.3, -0.25) is 19.7 Å². The van der Waals surface area contributed by atoms with Crippen LogP contribution in [0.1, 0.15) is 33.2 Å². The second-order valence-electron chi connectivity index (χ2n) is 7.37. The number of amides is 2. The van der Waals surface area contributed by atoms with Crippen molar-refractivity contribution in [3.05, 3.63) is 93.5 Å². The molecule has 1 unspecified atom stereocenters. The predicted molar refractivity (Wildman–Crippen MR) is 130 cm³/mol. The average molecular weight is 480 g/mol. The average Bonchev–Trinajstić information content (AvgIpc) is 2.80. The van der Waals surface area contributed by atoms with E-state index >= 15 is 0 Å². The number of carbonyl (C=O) groups is 3. The Kier molecular flexibility index (Phi) is 7.64. The third kappa shape index (κ3) is 6.20. The first-order chi connectivity index (χ1) is 16.1. The van der Waals surface area contributed by atoms with Crippen molar-refractivity contribution in [2.45, 2.75) is 24.0 Å². The molecular weight excluding hydrogens is 458 g/mol. The van der Waals surface area contributed by atoms with E-state index in [1.54, 1.807) is 44.2 Å². The van der Waals surface area contributed by atoms with Gasteiger partial charge in [-0.15, -0.1) is 11.8 Å². The summed E-state index contributed by atoms with van der Waals surface area (Å²) >= 11 is 1.27. The molecule has 3 aromatic rings. The molecule has 0 heterocycles. The number of nitro groups is 1. The van der Waals surface area contributed by atoms with Gasteiger partial charge in [-0.2, -0.15) is 0 Å². The molecule has 0 aliphatic carbocycles. The third-order valence-corrected chi connectivity index (χ3v) is 5.95. The number of benzene rings is 3. The van der Waals surface area contributed by atoms with Gasteiger partial charge in [-0.05, 0) is 61.9 Å². The van der Waals surface area contributed by atoms with Crippen LogP contribution in [0.2, 0.25) is 0 Å². The summed E-state index contributed by atoms with van der Waals surface area (Å²) in [6.45, 7) is 3.49. The maximum atomic E-state index is 12.7. The number of rotatable bonds is 8. The van der Waals surface area contributed by atoms with E-state index in [4.69, 9.17) is 5.11 Å². The molecule has 0 aliphatic rings. The topological polar surface area (TPSA) is 139 Å². The van der Waals surface area contributed by atoms with Crippen LogP contribution in [-0.4, -0.2) is 33.1 Å². The number of carbonyl (C=O) groups excluding carboxylic acids is 2. The molecule has 0 bridgehead atoms. The van der Waals surface area contributed by atoms with Crippen molar-refractivity contribution in [2.75, 3.05) is 10.6 Å². The number of nitro benzene ring substituents is 1. The molecule has 1 atom stereocenters. The number of aryl methyl sites for hydroxylation is 1. The number of hydrogen-bond acceptors (Lipinski definition) is 6. The lowest BCUT2D eigenvalue weighted by Gasteiger charge is -2.15. The van der Waals surface area contributed by atoms with Crippen LogP contribution < -0.4 is 10.6 Å². The van der Waals surface area contributed by atoms with Crippen LogP contribution in [0.4, 0.5) is 17.1 Å². The molecule has 3 rings (SSSR count). The van der Waals surface area contributed by atoms with E-state index in [1.165, 1.54) is 48.2 Å². The van der Waals surface area contributed by atoms with Gasteiger partial charge < -0.3 is 15.7 Å². The van der Waals surface area contributed by atoms with Gasteiger partial charge in [0.1, 0.15) is 0 Å². The van der Waals surface area contributed by atoms with Gasteiger partial charge >= 0.3 is 5.97 Å². The molecule has 174 valence electrons. The Bertz CT molecular complexity index is 1260. The lowest BCUT2D eigenvalue weighted by molar-refractivity contribution is -0.384. The molecule has 3 N–H and O–H groups in total. The molecule has 9 nitrogen and oxygen atoms in total. The van der Waals surface area contributed by atoms with Crippen LogP contribution >= 0.6 is 11.8 Å². The normalized spacial score (nSPS) is 11.4. The number of nitrogens with zero attached hydrogens (tertiary/aromatic N) is 1. The third-order valence-electron chi connectivity index (χ3n) is 4.86. The molecule has 0 fully saturated rings. The molecule has 0 saturated carbocycles. The fourth-order valence-electron chi connectivity index (χ4n) is 2.97. The quantitative estimate of drug-likeness (QED) is 0.235. The van der Waals surface area contributed by atoms with Crippen molar-refractivity contribution in [1.82, 2.24) is 0 Å². The molecule has 0 aromatic heterocycles. The summed E-state index contributed by atoms with van der Waals surface area (Å²) in [7, 11) is 0. The van der Waals surface area contributed by atoms with Crippen LogP contribution in [0.3, 0.4) is 0 Å². The largest absolute Gasteiger partial charge is 0.478 e. The highest BCUT2D eigenvalue weighted by Gasteiger charge is 2.17. The summed E-state index contributed by atoms with van der Waals surface area (Å²) in [5, 5.41) is 24.9. The maximum absolute atomic E-state index is 12.7. The van der Waals surface area contributed by atoms with E-state index in [2.05, 4.69) is 10.6 Å². The summed E-state index contributed by atoms with van der Waals surface area (Å²) in [4.78, 5) is 47.3. The van der Waals surface area contributed by atoms with E-state index in [9.17, 15) is 24.5 Å². The SMILES string of the molecule is Cc1ccc(C(=O)O)cc1NC(=O)C(C)Sc1cccc(NC(=O)c2ccc([N+](=O)[O-])cc2)c1. The highest BCUT2D eigenvalue weighted by atomic mass is 32.2. The predicted octanol–water partition coefficient (Wildman–Crippen LogP) is 4.97. The van der Waals surface area contributed by atoms with Gasteiger partial charge in [-0.1, -0.05) is 12.1 Å². The van der Waals surface area contributed by atoms with Gasteiger partial charge in [0.25, 0.3) is 11.6 Å². The zero-order chi connectivity index (χ0) is 24.8.